The number of hydrogen-bond acceptors (Lipinski definition) is 3. The van der Waals surface area contributed by atoms with Crippen LogP contribution in [0.25, 0.3) is 0 Å². The summed E-state index contributed by atoms with van der Waals surface area (Å²) in [6.07, 6.45) is 2.25. The van der Waals surface area contributed by atoms with E-state index in [4.69, 9.17) is 10.5 Å². The molecule has 1 aliphatic rings. The Morgan fingerprint density at radius 2 is 2.14 bits per heavy atom. The smallest absolute Gasteiger partial charge is 0.138 e. The van der Waals surface area contributed by atoms with E-state index < -0.39 is 0 Å². The standard InChI is InChI=1S/C17H23FN2O/c1-20(12-14-6-9-21-10-7-14)13-15-4-5-17(18)16(11-15)3-2-8-19/h4-5,11,14H,6-10,12-13,19H2,1H3. The first-order chi connectivity index (χ1) is 10.2. The molecule has 0 radical (unpaired) electrons. The second kappa shape index (κ2) is 8.14. The molecule has 0 unspecified atom stereocenters. The van der Waals surface area contributed by atoms with E-state index in [1.54, 1.807) is 0 Å². The minimum Gasteiger partial charge on any atom is -0.381 e. The molecule has 21 heavy (non-hydrogen) atoms. The van der Waals surface area contributed by atoms with Crippen LogP contribution < -0.4 is 5.73 Å². The summed E-state index contributed by atoms with van der Waals surface area (Å²) < 4.78 is 19.0. The van der Waals surface area contributed by atoms with Gasteiger partial charge >= 0.3 is 0 Å². The third-order valence-corrected chi connectivity index (χ3v) is 3.72. The molecule has 4 heteroatoms. The van der Waals surface area contributed by atoms with Gasteiger partial charge in [-0.25, -0.2) is 4.39 Å². The molecule has 1 fully saturated rings. The van der Waals surface area contributed by atoms with Crippen LogP contribution in [0, 0.1) is 23.6 Å². The second-order valence-electron chi connectivity index (χ2n) is 5.57. The van der Waals surface area contributed by atoms with Crippen LogP contribution in [0.2, 0.25) is 0 Å². The molecule has 0 amide bonds. The van der Waals surface area contributed by atoms with E-state index in [0.717, 1.165) is 44.7 Å². The maximum Gasteiger partial charge on any atom is 0.138 e. The minimum atomic E-state index is -0.285. The molecule has 0 atom stereocenters. The van der Waals surface area contributed by atoms with Gasteiger partial charge in [0, 0.05) is 26.3 Å². The van der Waals surface area contributed by atoms with Crippen molar-refractivity contribution in [1.29, 1.82) is 0 Å². The fourth-order valence-corrected chi connectivity index (χ4v) is 2.66. The predicted molar refractivity (Wildman–Crippen MR) is 82.2 cm³/mol. The van der Waals surface area contributed by atoms with E-state index >= 15 is 0 Å². The molecule has 1 aromatic carbocycles. The first-order valence-electron chi connectivity index (χ1n) is 7.42. The highest BCUT2D eigenvalue weighted by atomic mass is 19.1. The maximum atomic E-state index is 13.6. The van der Waals surface area contributed by atoms with Crippen LogP contribution >= 0.6 is 0 Å². The van der Waals surface area contributed by atoms with Crippen molar-refractivity contribution in [2.24, 2.45) is 11.7 Å². The SMILES string of the molecule is CN(Cc1ccc(F)c(C#CCN)c1)CC1CCOCC1. The summed E-state index contributed by atoms with van der Waals surface area (Å²) in [7, 11) is 2.10. The molecule has 2 rings (SSSR count). The molecule has 1 aromatic rings. The third kappa shape index (κ3) is 5.13. The van der Waals surface area contributed by atoms with Crippen LogP contribution in [0.4, 0.5) is 4.39 Å². The lowest BCUT2D eigenvalue weighted by atomic mass is 9.99. The van der Waals surface area contributed by atoms with E-state index in [9.17, 15) is 4.39 Å². The van der Waals surface area contributed by atoms with E-state index in [1.165, 1.54) is 6.07 Å². The Labute approximate surface area is 126 Å². The zero-order valence-electron chi connectivity index (χ0n) is 12.6. The number of hydrogen-bond donors (Lipinski definition) is 1. The Balaban J connectivity index is 1.95. The molecule has 3 nitrogen and oxygen atoms in total. The predicted octanol–water partition coefficient (Wildman–Crippen LogP) is 1.99. The van der Waals surface area contributed by atoms with Gasteiger partial charge in [0.1, 0.15) is 5.82 Å². The fraction of sp³-hybridized carbons (Fsp3) is 0.529. The monoisotopic (exact) mass is 290 g/mol. The lowest BCUT2D eigenvalue weighted by molar-refractivity contribution is 0.0549. The molecule has 2 N–H and O–H groups in total. The molecule has 0 saturated carbocycles. The number of halogens is 1. The number of rotatable bonds is 4. The topological polar surface area (TPSA) is 38.5 Å². The zero-order chi connectivity index (χ0) is 15.1. The van der Waals surface area contributed by atoms with Crippen molar-refractivity contribution in [3.05, 3.63) is 35.1 Å². The highest BCUT2D eigenvalue weighted by Crippen LogP contribution is 2.17. The van der Waals surface area contributed by atoms with Crippen molar-refractivity contribution in [3.63, 3.8) is 0 Å². The largest absolute Gasteiger partial charge is 0.381 e. The average molecular weight is 290 g/mol. The summed E-state index contributed by atoms with van der Waals surface area (Å²) >= 11 is 0. The summed E-state index contributed by atoms with van der Waals surface area (Å²) in [6, 6.07) is 5.13. The van der Waals surface area contributed by atoms with Gasteiger partial charge in [0.15, 0.2) is 0 Å². The highest BCUT2D eigenvalue weighted by molar-refractivity contribution is 5.38. The minimum absolute atomic E-state index is 0.243. The molecule has 0 bridgehead atoms. The normalized spacial score (nSPS) is 15.8. The number of ether oxygens (including phenoxy) is 1. The Morgan fingerprint density at radius 1 is 1.38 bits per heavy atom. The van der Waals surface area contributed by atoms with Crippen LogP contribution in [0.3, 0.4) is 0 Å². The van der Waals surface area contributed by atoms with Gasteiger partial charge in [-0.2, -0.15) is 0 Å². The van der Waals surface area contributed by atoms with Crippen LogP contribution in [-0.2, 0) is 11.3 Å². The first kappa shape index (κ1) is 16.0. The maximum absolute atomic E-state index is 13.6. The summed E-state index contributed by atoms with van der Waals surface area (Å²) in [5, 5.41) is 0. The van der Waals surface area contributed by atoms with Gasteiger partial charge in [0.25, 0.3) is 0 Å². The molecule has 0 spiro atoms. The van der Waals surface area contributed by atoms with Gasteiger partial charge in [-0.3, -0.25) is 0 Å². The molecule has 1 saturated heterocycles. The van der Waals surface area contributed by atoms with E-state index in [0.29, 0.717) is 11.5 Å². The fourth-order valence-electron chi connectivity index (χ4n) is 2.66. The van der Waals surface area contributed by atoms with Gasteiger partial charge in [-0.15, -0.1) is 0 Å². The van der Waals surface area contributed by atoms with Crippen molar-refractivity contribution in [2.45, 2.75) is 19.4 Å². The van der Waals surface area contributed by atoms with E-state index in [2.05, 4.69) is 23.8 Å². The van der Waals surface area contributed by atoms with Crippen molar-refractivity contribution in [3.8, 4) is 11.8 Å². The molecule has 1 heterocycles. The molecule has 114 valence electrons. The van der Waals surface area contributed by atoms with Crippen molar-refractivity contribution in [1.82, 2.24) is 4.90 Å². The van der Waals surface area contributed by atoms with Gasteiger partial charge in [0.2, 0.25) is 0 Å². The molecule has 0 aromatic heterocycles. The zero-order valence-corrected chi connectivity index (χ0v) is 12.6. The van der Waals surface area contributed by atoms with Gasteiger partial charge in [0.05, 0.1) is 12.1 Å². The lowest BCUT2D eigenvalue weighted by Crippen LogP contribution is -2.29. The number of benzene rings is 1. The third-order valence-electron chi connectivity index (χ3n) is 3.72. The van der Waals surface area contributed by atoms with Crippen molar-refractivity contribution < 1.29 is 9.13 Å². The summed E-state index contributed by atoms with van der Waals surface area (Å²) in [5.41, 5.74) is 6.84. The Bertz CT molecular complexity index is 515. The Morgan fingerprint density at radius 3 is 2.86 bits per heavy atom. The molecule has 0 aliphatic carbocycles. The number of nitrogens with zero attached hydrogens (tertiary/aromatic N) is 1. The van der Waals surface area contributed by atoms with Crippen LogP contribution in [0.1, 0.15) is 24.0 Å². The summed E-state index contributed by atoms with van der Waals surface area (Å²) in [6.45, 7) is 3.83. The quantitative estimate of drug-likeness (QED) is 0.862. The van der Waals surface area contributed by atoms with Gasteiger partial charge in [-0.1, -0.05) is 17.9 Å². The van der Waals surface area contributed by atoms with E-state index in [-0.39, 0.29) is 12.4 Å². The Hall–Kier alpha value is -1.41. The van der Waals surface area contributed by atoms with E-state index in [1.807, 2.05) is 12.1 Å². The molecular formula is C17H23FN2O. The number of nitrogens with two attached hydrogens (primary N) is 1. The second-order valence-corrected chi connectivity index (χ2v) is 5.57. The highest BCUT2D eigenvalue weighted by Gasteiger charge is 2.16. The Kier molecular flexibility index (Phi) is 6.19. The first-order valence-corrected chi connectivity index (χ1v) is 7.42. The van der Waals surface area contributed by atoms with Crippen molar-refractivity contribution >= 4 is 0 Å². The average Bonchev–Trinajstić information content (AvgIpc) is 2.48. The van der Waals surface area contributed by atoms with Crippen LogP contribution in [0.15, 0.2) is 18.2 Å². The lowest BCUT2D eigenvalue weighted by Gasteiger charge is -2.27. The molecule has 1 aliphatic heterocycles. The summed E-state index contributed by atoms with van der Waals surface area (Å²) in [4.78, 5) is 2.28. The molecular weight excluding hydrogens is 267 g/mol. The summed E-state index contributed by atoms with van der Waals surface area (Å²) in [5.74, 6) is 5.89. The van der Waals surface area contributed by atoms with Crippen LogP contribution in [-0.4, -0.2) is 38.3 Å². The van der Waals surface area contributed by atoms with Gasteiger partial charge < -0.3 is 15.4 Å². The van der Waals surface area contributed by atoms with Gasteiger partial charge in [-0.05, 0) is 43.5 Å². The van der Waals surface area contributed by atoms with Crippen LogP contribution in [0.5, 0.6) is 0 Å². The van der Waals surface area contributed by atoms with Crippen molar-refractivity contribution in [2.75, 3.05) is 33.4 Å².